The third-order valence-corrected chi connectivity index (χ3v) is 9.09. The van der Waals surface area contributed by atoms with Gasteiger partial charge in [0.25, 0.3) is 0 Å². The second-order valence-electron chi connectivity index (χ2n) is 13.6. The minimum atomic E-state index is -1.18. The summed E-state index contributed by atoms with van der Waals surface area (Å²) in [5.41, 5.74) is 0.141. The summed E-state index contributed by atoms with van der Waals surface area (Å²) in [6, 6.07) is 25.1. The summed E-state index contributed by atoms with van der Waals surface area (Å²) < 4.78 is 10.5. The van der Waals surface area contributed by atoms with Gasteiger partial charge in [-0.15, -0.1) is 0 Å². The number of esters is 2. The smallest absolute Gasteiger partial charge is 0.338 e. The van der Waals surface area contributed by atoms with E-state index in [1.807, 2.05) is 0 Å². The Balaban J connectivity index is 0.000000350. The molecule has 1 amide bonds. The van der Waals surface area contributed by atoms with E-state index in [1.54, 1.807) is 81.4 Å². The zero-order chi connectivity index (χ0) is 42.3. The van der Waals surface area contributed by atoms with E-state index in [2.05, 4.69) is 11.9 Å². The van der Waals surface area contributed by atoms with E-state index in [9.17, 15) is 44.1 Å². The molecule has 13 nitrogen and oxygen atoms in total. The molecule has 0 fully saturated rings. The third kappa shape index (κ3) is 12.7. The molecule has 4 rings (SSSR count). The number of benzene rings is 4. The number of rotatable bonds is 17. The van der Waals surface area contributed by atoms with Crippen LogP contribution in [0.15, 0.2) is 109 Å². The quantitative estimate of drug-likeness (QED) is 0.0347. The number of aliphatic hydroxyl groups is 1. The first-order chi connectivity index (χ1) is 27.0. The molecule has 4 aromatic carbocycles. The predicted molar refractivity (Wildman–Crippen MR) is 210 cm³/mol. The third-order valence-electron chi connectivity index (χ3n) is 9.09. The van der Waals surface area contributed by atoms with Gasteiger partial charge < -0.3 is 35.2 Å². The van der Waals surface area contributed by atoms with Crippen molar-refractivity contribution in [3.63, 3.8) is 0 Å². The first-order valence-corrected chi connectivity index (χ1v) is 18.1. The van der Waals surface area contributed by atoms with Gasteiger partial charge in [0.2, 0.25) is 5.91 Å². The summed E-state index contributed by atoms with van der Waals surface area (Å²) in [7, 11) is 0. The molecular weight excluding hydrogens is 734 g/mol. The molecule has 0 heterocycles. The van der Waals surface area contributed by atoms with Gasteiger partial charge in [-0.2, -0.15) is 0 Å². The van der Waals surface area contributed by atoms with Crippen molar-refractivity contribution < 1.29 is 58.7 Å². The summed E-state index contributed by atoms with van der Waals surface area (Å²) in [5, 5.41) is 41.4. The van der Waals surface area contributed by atoms with Crippen molar-refractivity contribution in [1.29, 1.82) is 0 Å². The molecular formula is C44H47NO12. The van der Waals surface area contributed by atoms with Crippen molar-refractivity contribution in [2.75, 3.05) is 13.2 Å². The highest BCUT2D eigenvalue weighted by Gasteiger charge is 2.39. The topological polar surface area (TPSA) is 214 Å². The molecule has 0 saturated carbocycles. The number of nitrogens with one attached hydrogen (secondary N) is 1. The van der Waals surface area contributed by atoms with Gasteiger partial charge in [0, 0.05) is 41.3 Å². The first kappa shape index (κ1) is 44.8. The molecule has 57 heavy (non-hydrogen) atoms. The van der Waals surface area contributed by atoms with Gasteiger partial charge in [0.15, 0.2) is 11.6 Å². The van der Waals surface area contributed by atoms with Gasteiger partial charge in [-0.3, -0.25) is 24.0 Å². The van der Waals surface area contributed by atoms with E-state index in [0.717, 1.165) is 0 Å². The summed E-state index contributed by atoms with van der Waals surface area (Å²) in [6.45, 7) is 9.75. The monoisotopic (exact) mass is 781 g/mol. The van der Waals surface area contributed by atoms with Crippen molar-refractivity contribution >= 4 is 35.4 Å². The van der Waals surface area contributed by atoms with Crippen LogP contribution in [0.2, 0.25) is 0 Å². The standard InChI is InChI=1S/C27H33NO8.C17H14O4/c1-4-27(3,16-19(25(33)34)14-17(2)24(32)28-12-13-29)26(35)36-20-10-11-21(22(30)15-20)23(31)18-8-6-5-7-9-18;1-11(2)17(20)21-13-8-9-14(15(18)10-13)16(19)12-6-4-3-5-7-12/h5-11,15,17,19,29-30H,4,12-14,16H2,1-3H3,(H,28,32)(H,33,34);3-10,18H,1H2,2H3. The lowest BCUT2D eigenvalue weighted by atomic mass is 9.76. The Labute approximate surface area is 330 Å². The van der Waals surface area contributed by atoms with Crippen LogP contribution in [0, 0.1) is 17.3 Å². The van der Waals surface area contributed by atoms with E-state index in [0.29, 0.717) is 11.1 Å². The number of carboxylic acid groups (broad SMARTS) is 1. The van der Waals surface area contributed by atoms with Crippen molar-refractivity contribution in [1.82, 2.24) is 5.32 Å². The normalized spacial score (nSPS) is 12.6. The maximum Gasteiger partial charge on any atom is 0.338 e. The lowest BCUT2D eigenvalue weighted by Crippen LogP contribution is -2.38. The molecule has 5 N–H and O–H groups in total. The Hall–Kier alpha value is -6.60. The Kier molecular flexibility index (Phi) is 16.4. The van der Waals surface area contributed by atoms with Crippen LogP contribution >= 0.6 is 0 Å². The Morgan fingerprint density at radius 3 is 1.65 bits per heavy atom. The van der Waals surface area contributed by atoms with Crippen LogP contribution in [-0.2, 0) is 19.2 Å². The summed E-state index contributed by atoms with van der Waals surface area (Å²) in [6.07, 6.45) is 0.218. The van der Waals surface area contributed by atoms with Crippen LogP contribution in [0.1, 0.15) is 78.8 Å². The Morgan fingerprint density at radius 2 is 1.25 bits per heavy atom. The fourth-order valence-electron chi connectivity index (χ4n) is 5.52. The number of carbonyl (C=O) groups is 6. The van der Waals surface area contributed by atoms with E-state index >= 15 is 0 Å². The molecule has 3 unspecified atom stereocenters. The molecule has 0 spiro atoms. The van der Waals surface area contributed by atoms with Crippen LogP contribution in [-0.4, -0.2) is 69.0 Å². The predicted octanol–water partition coefficient (Wildman–Crippen LogP) is 6.28. The molecule has 3 atom stereocenters. The average Bonchev–Trinajstić information content (AvgIpc) is 3.19. The zero-order valence-electron chi connectivity index (χ0n) is 32.2. The number of aliphatic hydroxyl groups excluding tert-OH is 1. The van der Waals surface area contributed by atoms with Gasteiger partial charge in [-0.05, 0) is 57.4 Å². The average molecular weight is 782 g/mol. The zero-order valence-corrected chi connectivity index (χ0v) is 32.2. The number of amides is 1. The maximum atomic E-state index is 13.1. The second-order valence-corrected chi connectivity index (χ2v) is 13.6. The largest absolute Gasteiger partial charge is 0.507 e. The first-order valence-electron chi connectivity index (χ1n) is 18.1. The van der Waals surface area contributed by atoms with Crippen molar-refractivity contribution in [3.8, 4) is 23.0 Å². The molecule has 0 bridgehead atoms. The maximum absolute atomic E-state index is 13.1. The number of phenolic OH excluding ortho intramolecular Hbond substituents is 2. The fourth-order valence-corrected chi connectivity index (χ4v) is 5.52. The van der Waals surface area contributed by atoms with Crippen molar-refractivity contribution in [2.45, 2.75) is 47.0 Å². The van der Waals surface area contributed by atoms with E-state index < -0.39 is 35.2 Å². The highest BCUT2D eigenvalue weighted by molar-refractivity contribution is 6.11. The number of hydrogen-bond acceptors (Lipinski definition) is 11. The number of phenols is 2. The summed E-state index contributed by atoms with van der Waals surface area (Å²) in [5.74, 6) is -5.51. The molecule has 0 aliphatic carbocycles. The van der Waals surface area contributed by atoms with Crippen LogP contribution in [0.5, 0.6) is 23.0 Å². The van der Waals surface area contributed by atoms with Gasteiger partial charge >= 0.3 is 17.9 Å². The highest BCUT2D eigenvalue weighted by atomic mass is 16.5. The van der Waals surface area contributed by atoms with Gasteiger partial charge in [0.1, 0.15) is 23.0 Å². The minimum absolute atomic E-state index is 0.00650. The minimum Gasteiger partial charge on any atom is -0.507 e. The fraction of sp³-hybridized carbons (Fsp3) is 0.273. The van der Waals surface area contributed by atoms with Gasteiger partial charge in [-0.1, -0.05) is 81.1 Å². The SMILES string of the molecule is C=C(C)C(=O)Oc1ccc(C(=O)c2ccccc2)c(O)c1.CCC(C)(CC(CC(C)C(=O)NCCO)C(=O)O)C(=O)Oc1ccc(C(=O)c2ccccc2)c(O)c1. The highest BCUT2D eigenvalue weighted by Crippen LogP contribution is 2.36. The number of aliphatic carboxylic acids is 1. The number of ketones is 2. The van der Waals surface area contributed by atoms with E-state index in [1.165, 1.54) is 43.3 Å². The lowest BCUT2D eigenvalue weighted by molar-refractivity contribution is -0.150. The number of ether oxygens (including phenoxy) is 2. The molecule has 0 aromatic heterocycles. The molecule has 0 saturated heterocycles. The van der Waals surface area contributed by atoms with E-state index in [-0.39, 0.29) is 89.6 Å². The molecule has 300 valence electrons. The molecule has 0 radical (unpaired) electrons. The second kappa shape index (κ2) is 20.9. The van der Waals surface area contributed by atoms with Crippen LogP contribution < -0.4 is 14.8 Å². The van der Waals surface area contributed by atoms with Crippen LogP contribution in [0.25, 0.3) is 0 Å². The number of aromatic hydroxyl groups is 2. The van der Waals surface area contributed by atoms with E-state index in [4.69, 9.17) is 14.6 Å². The molecule has 4 aromatic rings. The van der Waals surface area contributed by atoms with Crippen LogP contribution in [0.4, 0.5) is 0 Å². The number of carbonyl (C=O) groups excluding carboxylic acids is 5. The summed E-state index contributed by atoms with van der Waals surface area (Å²) in [4.78, 5) is 73.3. The summed E-state index contributed by atoms with van der Waals surface area (Å²) >= 11 is 0. The molecule has 13 heteroatoms. The van der Waals surface area contributed by atoms with Crippen molar-refractivity contribution in [2.24, 2.45) is 17.3 Å². The lowest BCUT2D eigenvalue weighted by Gasteiger charge is -2.29. The number of hydrogen-bond donors (Lipinski definition) is 5. The Morgan fingerprint density at radius 1 is 0.772 bits per heavy atom. The number of carboxylic acids is 1. The van der Waals surface area contributed by atoms with Gasteiger partial charge in [0.05, 0.1) is 29.1 Å². The Bertz CT molecular complexity index is 2080. The van der Waals surface area contributed by atoms with Crippen molar-refractivity contribution in [3.05, 3.63) is 131 Å². The molecule has 0 aliphatic heterocycles. The molecule has 0 aliphatic rings. The van der Waals surface area contributed by atoms with Crippen LogP contribution in [0.3, 0.4) is 0 Å². The van der Waals surface area contributed by atoms with Gasteiger partial charge in [-0.25, -0.2) is 4.79 Å².